The molecule has 0 bridgehead atoms. The third-order valence-corrected chi connectivity index (χ3v) is 3.01. The molecule has 0 saturated carbocycles. The lowest BCUT2D eigenvalue weighted by Crippen LogP contribution is -2.38. The van der Waals surface area contributed by atoms with Crippen molar-refractivity contribution >= 4 is 18.0 Å². The molecule has 0 aliphatic carbocycles. The fraction of sp³-hybridized carbons (Fsp3) is 0.333. The largest absolute Gasteiger partial charge is 0.488 e. The first kappa shape index (κ1) is 14.1. The highest BCUT2D eigenvalue weighted by atomic mass is 16.5. The molecule has 1 heterocycles. The van der Waals surface area contributed by atoms with Gasteiger partial charge in [0.25, 0.3) is 5.91 Å². The quantitative estimate of drug-likeness (QED) is 0.889. The Morgan fingerprint density at radius 1 is 1.35 bits per heavy atom. The molecule has 20 heavy (non-hydrogen) atoms. The summed E-state index contributed by atoms with van der Waals surface area (Å²) in [4.78, 5) is 24.5. The SMILES string of the molecule is CCCN(CC(=O)O)C(=O)C1=Cc2ccccc2OC1. The van der Waals surface area contributed by atoms with Crippen LogP contribution in [0, 0.1) is 0 Å². The highest BCUT2D eigenvalue weighted by Gasteiger charge is 2.23. The Morgan fingerprint density at radius 2 is 2.10 bits per heavy atom. The van der Waals surface area contributed by atoms with Crippen LogP contribution in [-0.2, 0) is 9.59 Å². The number of carbonyl (C=O) groups is 2. The number of carboxylic acids is 1. The maximum atomic E-state index is 12.3. The van der Waals surface area contributed by atoms with Crippen molar-refractivity contribution in [3.8, 4) is 5.75 Å². The summed E-state index contributed by atoms with van der Waals surface area (Å²) < 4.78 is 5.53. The van der Waals surface area contributed by atoms with Gasteiger partial charge in [0.2, 0.25) is 0 Å². The monoisotopic (exact) mass is 275 g/mol. The first-order valence-electron chi connectivity index (χ1n) is 6.55. The maximum absolute atomic E-state index is 12.3. The number of fused-ring (bicyclic) bond motifs is 1. The second-order valence-electron chi connectivity index (χ2n) is 4.62. The maximum Gasteiger partial charge on any atom is 0.323 e. The summed E-state index contributed by atoms with van der Waals surface area (Å²) >= 11 is 0. The van der Waals surface area contributed by atoms with Gasteiger partial charge in [-0.2, -0.15) is 0 Å². The molecule has 0 unspecified atom stereocenters. The zero-order chi connectivity index (χ0) is 14.5. The fourth-order valence-corrected chi connectivity index (χ4v) is 2.13. The highest BCUT2D eigenvalue weighted by molar-refractivity contribution is 6.00. The van der Waals surface area contributed by atoms with E-state index < -0.39 is 5.97 Å². The first-order valence-corrected chi connectivity index (χ1v) is 6.55. The molecular formula is C15H17NO4. The van der Waals surface area contributed by atoms with Crippen LogP contribution in [0.25, 0.3) is 6.08 Å². The van der Waals surface area contributed by atoms with Crippen molar-refractivity contribution in [2.24, 2.45) is 0 Å². The Labute approximate surface area is 117 Å². The van der Waals surface area contributed by atoms with Crippen LogP contribution >= 0.6 is 0 Å². The first-order chi connectivity index (χ1) is 9.61. The summed E-state index contributed by atoms with van der Waals surface area (Å²) in [6.45, 7) is 2.22. The molecule has 1 aliphatic rings. The van der Waals surface area contributed by atoms with E-state index in [-0.39, 0.29) is 19.1 Å². The number of aliphatic carboxylic acids is 1. The van der Waals surface area contributed by atoms with Gasteiger partial charge in [-0.3, -0.25) is 9.59 Å². The number of carboxylic acid groups (broad SMARTS) is 1. The lowest BCUT2D eigenvalue weighted by molar-refractivity contribution is -0.143. The Hall–Kier alpha value is -2.30. The van der Waals surface area contributed by atoms with E-state index in [2.05, 4.69) is 0 Å². The third kappa shape index (κ3) is 3.17. The van der Waals surface area contributed by atoms with Gasteiger partial charge in [-0.05, 0) is 18.6 Å². The Kier molecular flexibility index (Phi) is 4.40. The van der Waals surface area contributed by atoms with Crippen molar-refractivity contribution in [3.05, 3.63) is 35.4 Å². The molecule has 5 nitrogen and oxygen atoms in total. The second kappa shape index (κ2) is 6.23. The van der Waals surface area contributed by atoms with E-state index in [0.29, 0.717) is 18.5 Å². The van der Waals surface area contributed by atoms with Crippen molar-refractivity contribution in [1.82, 2.24) is 4.90 Å². The normalized spacial score (nSPS) is 12.9. The van der Waals surface area contributed by atoms with Crippen LogP contribution in [0.1, 0.15) is 18.9 Å². The van der Waals surface area contributed by atoms with Gasteiger partial charge in [0, 0.05) is 12.1 Å². The van der Waals surface area contributed by atoms with Gasteiger partial charge in [-0.15, -0.1) is 0 Å². The van der Waals surface area contributed by atoms with E-state index in [1.54, 1.807) is 6.08 Å². The van der Waals surface area contributed by atoms with Gasteiger partial charge >= 0.3 is 5.97 Å². The molecule has 0 fully saturated rings. The molecule has 1 aliphatic heterocycles. The molecule has 1 aromatic rings. The zero-order valence-electron chi connectivity index (χ0n) is 11.3. The standard InChI is InChI=1S/C15H17NO4/c1-2-7-16(9-14(17)18)15(19)12-8-11-5-3-4-6-13(11)20-10-12/h3-6,8H,2,7,9-10H2,1H3,(H,17,18). The number of amides is 1. The second-order valence-corrected chi connectivity index (χ2v) is 4.62. The van der Waals surface area contributed by atoms with Crippen LogP contribution in [0.5, 0.6) is 5.75 Å². The van der Waals surface area contributed by atoms with Crippen molar-refractivity contribution in [2.45, 2.75) is 13.3 Å². The fourth-order valence-electron chi connectivity index (χ4n) is 2.13. The number of ether oxygens (including phenoxy) is 1. The van der Waals surface area contributed by atoms with E-state index in [4.69, 9.17) is 9.84 Å². The van der Waals surface area contributed by atoms with Crippen molar-refractivity contribution in [2.75, 3.05) is 19.7 Å². The van der Waals surface area contributed by atoms with E-state index in [1.165, 1.54) is 4.90 Å². The Morgan fingerprint density at radius 3 is 2.80 bits per heavy atom. The molecule has 2 rings (SSSR count). The molecule has 1 N–H and O–H groups in total. The number of nitrogens with zero attached hydrogens (tertiary/aromatic N) is 1. The van der Waals surface area contributed by atoms with E-state index in [1.807, 2.05) is 31.2 Å². The smallest absolute Gasteiger partial charge is 0.323 e. The van der Waals surface area contributed by atoms with Crippen LogP contribution in [0.3, 0.4) is 0 Å². The van der Waals surface area contributed by atoms with Gasteiger partial charge in [-0.25, -0.2) is 0 Å². The number of carbonyl (C=O) groups excluding carboxylic acids is 1. The molecule has 106 valence electrons. The van der Waals surface area contributed by atoms with Gasteiger partial charge in [0.1, 0.15) is 18.9 Å². The predicted octanol–water partition coefficient (Wildman–Crippen LogP) is 1.79. The highest BCUT2D eigenvalue weighted by Crippen LogP contribution is 2.26. The average Bonchev–Trinajstić information content (AvgIpc) is 2.45. The molecule has 0 saturated heterocycles. The summed E-state index contributed by atoms with van der Waals surface area (Å²) in [7, 11) is 0. The molecular weight excluding hydrogens is 258 g/mol. The predicted molar refractivity (Wildman–Crippen MR) is 74.4 cm³/mol. The van der Waals surface area contributed by atoms with Crippen LogP contribution in [0.4, 0.5) is 0 Å². The number of rotatable bonds is 5. The number of benzene rings is 1. The minimum absolute atomic E-state index is 0.176. The summed E-state index contributed by atoms with van der Waals surface area (Å²) in [6.07, 6.45) is 2.48. The number of hydrogen-bond acceptors (Lipinski definition) is 3. The molecule has 0 atom stereocenters. The summed E-state index contributed by atoms with van der Waals surface area (Å²) in [5.41, 5.74) is 1.33. The van der Waals surface area contributed by atoms with Gasteiger partial charge in [-0.1, -0.05) is 25.1 Å². The summed E-state index contributed by atoms with van der Waals surface area (Å²) in [5, 5.41) is 8.87. The third-order valence-electron chi connectivity index (χ3n) is 3.01. The van der Waals surface area contributed by atoms with E-state index in [9.17, 15) is 9.59 Å². The van der Waals surface area contributed by atoms with Crippen LogP contribution in [0.2, 0.25) is 0 Å². The van der Waals surface area contributed by atoms with Gasteiger partial charge in [0.05, 0.1) is 5.57 Å². The summed E-state index contributed by atoms with van der Waals surface area (Å²) in [6, 6.07) is 7.44. The van der Waals surface area contributed by atoms with Gasteiger partial charge < -0.3 is 14.7 Å². The zero-order valence-corrected chi connectivity index (χ0v) is 11.3. The topological polar surface area (TPSA) is 66.8 Å². The average molecular weight is 275 g/mol. The Balaban J connectivity index is 2.20. The van der Waals surface area contributed by atoms with Gasteiger partial charge in [0.15, 0.2) is 0 Å². The molecule has 1 aromatic carbocycles. The number of hydrogen-bond donors (Lipinski definition) is 1. The van der Waals surface area contributed by atoms with E-state index in [0.717, 1.165) is 11.3 Å². The molecule has 5 heteroatoms. The van der Waals surface area contributed by atoms with E-state index >= 15 is 0 Å². The van der Waals surface area contributed by atoms with Crippen LogP contribution in [-0.4, -0.2) is 41.6 Å². The molecule has 0 radical (unpaired) electrons. The van der Waals surface area contributed by atoms with Crippen molar-refractivity contribution < 1.29 is 19.4 Å². The molecule has 0 aromatic heterocycles. The van der Waals surface area contributed by atoms with Crippen molar-refractivity contribution in [3.63, 3.8) is 0 Å². The molecule has 0 spiro atoms. The minimum Gasteiger partial charge on any atom is -0.488 e. The molecule has 1 amide bonds. The van der Waals surface area contributed by atoms with Crippen molar-refractivity contribution in [1.29, 1.82) is 0 Å². The Bertz CT molecular complexity index is 551. The number of para-hydroxylation sites is 1. The lowest BCUT2D eigenvalue weighted by Gasteiger charge is -2.24. The lowest BCUT2D eigenvalue weighted by atomic mass is 10.1. The minimum atomic E-state index is -1.01. The van der Waals surface area contributed by atoms with Crippen LogP contribution < -0.4 is 4.74 Å². The summed E-state index contributed by atoms with van der Waals surface area (Å²) in [5.74, 6) is -0.544. The van der Waals surface area contributed by atoms with Crippen LogP contribution in [0.15, 0.2) is 29.8 Å².